The third-order valence-electron chi connectivity index (χ3n) is 1.95. The van der Waals surface area contributed by atoms with Crippen molar-refractivity contribution in [3.63, 3.8) is 0 Å². The Morgan fingerprint density at radius 2 is 2.36 bits per heavy atom. The Bertz CT molecular complexity index is 495. The summed E-state index contributed by atoms with van der Waals surface area (Å²) in [7, 11) is 0. The maximum atomic E-state index is 11.0. The van der Waals surface area contributed by atoms with E-state index in [4.69, 9.17) is 4.42 Å². The maximum absolute atomic E-state index is 11.0. The van der Waals surface area contributed by atoms with Gasteiger partial charge < -0.3 is 9.52 Å². The first kappa shape index (κ1) is 9.43. The molecule has 0 aliphatic rings. The summed E-state index contributed by atoms with van der Waals surface area (Å²) in [6, 6.07) is 5.50. The Kier molecular flexibility index (Phi) is 2.39. The fraction of sp³-hybridized carbons (Fsp3) is 0.300. The zero-order valence-corrected chi connectivity index (χ0v) is 8.50. The molecule has 0 aliphatic carbocycles. The van der Waals surface area contributed by atoms with Crippen molar-refractivity contribution in [1.29, 1.82) is 0 Å². The summed E-state index contributed by atoms with van der Waals surface area (Å²) in [5, 5.41) is 9.27. The van der Waals surface area contributed by atoms with E-state index in [2.05, 4.69) is 0 Å². The molecule has 0 bridgehead atoms. The highest BCUT2D eigenvalue weighted by Gasteiger charge is 2.08. The molecule has 2 aromatic rings. The van der Waals surface area contributed by atoms with Gasteiger partial charge in [0.2, 0.25) is 0 Å². The van der Waals surface area contributed by atoms with E-state index in [1.54, 1.807) is 13.0 Å². The molecule has 3 nitrogen and oxygen atoms in total. The molecule has 0 fully saturated rings. The minimum Gasteiger partial charge on any atom is -0.414 e. The Labute approximate surface area is 84.6 Å². The first-order valence-corrected chi connectivity index (χ1v) is 5.18. The van der Waals surface area contributed by atoms with Gasteiger partial charge in [0.15, 0.2) is 0 Å². The lowest BCUT2D eigenvalue weighted by Gasteiger charge is -2.03. The van der Waals surface area contributed by atoms with Crippen LogP contribution in [0.15, 0.2) is 27.4 Å². The molecule has 1 unspecified atom stereocenters. The van der Waals surface area contributed by atoms with Crippen molar-refractivity contribution in [2.45, 2.75) is 19.4 Å². The molecule has 74 valence electrons. The number of fused-ring (bicyclic) bond motifs is 1. The summed E-state index contributed by atoms with van der Waals surface area (Å²) in [5.41, 5.74) is 1.58. The van der Waals surface area contributed by atoms with Gasteiger partial charge in [0.1, 0.15) is 5.58 Å². The number of benzene rings is 1. The highest BCUT2D eigenvalue weighted by molar-refractivity contribution is 7.16. The molecule has 0 spiro atoms. The third kappa shape index (κ3) is 1.71. The molecule has 0 saturated heterocycles. The second-order valence-electron chi connectivity index (χ2n) is 3.25. The number of rotatable bonds is 2. The molecule has 0 aliphatic heterocycles. The molecule has 1 heterocycles. The van der Waals surface area contributed by atoms with Crippen LogP contribution in [0.3, 0.4) is 0 Å². The van der Waals surface area contributed by atoms with Crippen LogP contribution in [0.25, 0.3) is 10.3 Å². The van der Waals surface area contributed by atoms with Crippen molar-refractivity contribution in [2.24, 2.45) is 0 Å². The van der Waals surface area contributed by atoms with Gasteiger partial charge in [0.25, 0.3) is 0 Å². The number of hydrogen-bond acceptors (Lipinski definition) is 4. The van der Waals surface area contributed by atoms with Crippen LogP contribution in [0, 0.1) is 0 Å². The van der Waals surface area contributed by atoms with E-state index in [0.29, 0.717) is 12.0 Å². The van der Waals surface area contributed by atoms with Crippen molar-refractivity contribution >= 4 is 21.6 Å². The molecular formula is C10H10O3S. The van der Waals surface area contributed by atoms with Gasteiger partial charge in [-0.3, -0.25) is 0 Å². The van der Waals surface area contributed by atoms with E-state index in [1.165, 1.54) is 0 Å². The fourth-order valence-corrected chi connectivity index (χ4v) is 2.22. The van der Waals surface area contributed by atoms with Gasteiger partial charge in [-0.1, -0.05) is 23.5 Å². The molecule has 1 atom stereocenters. The largest absolute Gasteiger partial charge is 0.414 e. The Hall–Kier alpha value is -1.13. The molecule has 0 radical (unpaired) electrons. The average molecular weight is 210 g/mol. The number of hydrogen-bond donors (Lipinski definition) is 1. The second-order valence-corrected chi connectivity index (χ2v) is 4.20. The summed E-state index contributed by atoms with van der Waals surface area (Å²) in [6.07, 6.45) is 0.144. The zero-order valence-electron chi connectivity index (χ0n) is 7.69. The quantitative estimate of drug-likeness (QED) is 0.822. The minimum absolute atomic E-state index is 0.293. The third-order valence-corrected chi connectivity index (χ3v) is 2.87. The molecular weight excluding hydrogens is 200 g/mol. The zero-order chi connectivity index (χ0) is 10.1. The first-order valence-electron chi connectivity index (χ1n) is 4.36. The first-order chi connectivity index (χ1) is 6.66. The smallest absolute Gasteiger partial charge is 0.396 e. The lowest BCUT2D eigenvalue weighted by molar-refractivity contribution is 0.196. The summed E-state index contributed by atoms with van der Waals surface area (Å²) >= 11 is 1.09. The van der Waals surface area contributed by atoms with Crippen molar-refractivity contribution in [3.8, 4) is 0 Å². The standard InChI is InChI=1S/C10H10O3S/c1-6(11)5-7-3-2-4-8-9(7)14-10(12)13-8/h2-4,6,11H,5H2,1H3. The SMILES string of the molecule is CC(O)Cc1cccc2oc(=O)sc12. The molecule has 0 saturated carbocycles. The van der Waals surface area contributed by atoms with Gasteiger partial charge in [-0.2, -0.15) is 0 Å². The van der Waals surface area contributed by atoms with E-state index < -0.39 is 6.10 Å². The lowest BCUT2D eigenvalue weighted by atomic mass is 10.1. The minimum atomic E-state index is -0.405. The van der Waals surface area contributed by atoms with Crippen molar-refractivity contribution < 1.29 is 9.52 Å². The Balaban J connectivity index is 2.58. The van der Waals surface area contributed by atoms with Crippen LogP contribution in [0.4, 0.5) is 0 Å². The second kappa shape index (κ2) is 3.55. The highest BCUT2D eigenvalue weighted by Crippen LogP contribution is 2.22. The topological polar surface area (TPSA) is 50.4 Å². The highest BCUT2D eigenvalue weighted by atomic mass is 32.1. The van der Waals surface area contributed by atoms with Gasteiger partial charge >= 0.3 is 4.94 Å². The van der Waals surface area contributed by atoms with Crippen molar-refractivity contribution in [2.75, 3.05) is 0 Å². The monoisotopic (exact) mass is 210 g/mol. The molecule has 1 N–H and O–H groups in total. The van der Waals surface area contributed by atoms with E-state index >= 15 is 0 Å². The summed E-state index contributed by atoms with van der Waals surface area (Å²) < 4.78 is 5.82. The van der Waals surface area contributed by atoms with E-state index in [1.807, 2.05) is 12.1 Å². The van der Waals surface area contributed by atoms with Gasteiger partial charge in [-0.15, -0.1) is 0 Å². The molecule has 14 heavy (non-hydrogen) atoms. The number of aliphatic hydroxyl groups excluding tert-OH is 1. The molecule has 1 aromatic carbocycles. The Morgan fingerprint density at radius 1 is 1.57 bits per heavy atom. The van der Waals surface area contributed by atoms with Crippen LogP contribution < -0.4 is 4.94 Å². The normalized spacial score (nSPS) is 13.3. The van der Waals surface area contributed by atoms with Crippen molar-refractivity contribution in [3.05, 3.63) is 33.5 Å². The van der Waals surface area contributed by atoms with E-state index in [9.17, 15) is 9.90 Å². The predicted molar refractivity (Wildman–Crippen MR) is 55.7 cm³/mol. The van der Waals surface area contributed by atoms with Crippen LogP contribution in [-0.4, -0.2) is 11.2 Å². The van der Waals surface area contributed by atoms with Gasteiger partial charge in [-0.05, 0) is 25.0 Å². The lowest BCUT2D eigenvalue weighted by Crippen LogP contribution is -2.03. The maximum Gasteiger partial charge on any atom is 0.396 e. The number of aliphatic hydroxyl groups is 1. The van der Waals surface area contributed by atoms with Crippen LogP contribution in [0.5, 0.6) is 0 Å². The summed E-state index contributed by atoms with van der Waals surface area (Å²) in [5.74, 6) is 0. The molecule has 0 amide bonds. The van der Waals surface area contributed by atoms with Gasteiger partial charge in [0.05, 0.1) is 10.8 Å². The fourth-order valence-electron chi connectivity index (χ4n) is 1.43. The van der Waals surface area contributed by atoms with Crippen LogP contribution in [0.2, 0.25) is 0 Å². The van der Waals surface area contributed by atoms with Crippen LogP contribution >= 0.6 is 11.3 Å². The predicted octanol–water partition coefficient (Wildman–Crippen LogP) is 1.78. The van der Waals surface area contributed by atoms with Crippen molar-refractivity contribution in [1.82, 2.24) is 0 Å². The van der Waals surface area contributed by atoms with Gasteiger partial charge in [0, 0.05) is 0 Å². The van der Waals surface area contributed by atoms with Crippen LogP contribution in [0.1, 0.15) is 12.5 Å². The van der Waals surface area contributed by atoms with E-state index in [0.717, 1.165) is 21.6 Å². The van der Waals surface area contributed by atoms with Gasteiger partial charge in [-0.25, -0.2) is 4.79 Å². The average Bonchev–Trinajstić information content (AvgIpc) is 2.45. The Morgan fingerprint density at radius 3 is 3.07 bits per heavy atom. The molecule has 4 heteroatoms. The summed E-state index contributed by atoms with van der Waals surface area (Å²) in [6.45, 7) is 1.72. The molecule has 2 rings (SSSR count). The molecule has 1 aromatic heterocycles. The van der Waals surface area contributed by atoms with E-state index in [-0.39, 0.29) is 4.94 Å². The summed E-state index contributed by atoms with van der Waals surface area (Å²) in [4.78, 5) is 10.7. The van der Waals surface area contributed by atoms with Crippen LogP contribution in [-0.2, 0) is 6.42 Å².